The van der Waals surface area contributed by atoms with Crippen molar-refractivity contribution in [3.63, 3.8) is 0 Å². The van der Waals surface area contributed by atoms with Gasteiger partial charge in [-0.15, -0.1) is 0 Å². The minimum absolute atomic E-state index is 0.0104. The second-order valence-electron chi connectivity index (χ2n) is 8.29. The molecule has 1 aromatic carbocycles. The number of piperidine rings is 1. The zero-order valence-corrected chi connectivity index (χ0v) is 18.5. The zero-order chi connectivity index (χ0) is 22.2. The fraction of sp³-hybridized carbons (Fsp3) is 0.636. The maximum atomic E-state index is 12.1. The molecule has 3 rings (SSSR count). The third-order valence-corrected chi connectivity index (χ3v) is 6.29. The Bertz CT molecular complexity index is 691. The molecule has 2 saturated heterocycles. The first-order valence-electron chi connectivity index (χ1n) is 10.5. The van der Waals surface area contributed by atoms with Crippen molar-refractivity contribution in [2.75, 3.05) is 19.7 Å². The Morgan fingerprint density at radius 1 is 1.30 bits per heavy atom. The maximum Gasteiger partial charge on any atom is 0.290 e. The summed E-state index contributed by atoms with van der Waals surface area (Å²) < 4.78 is 6.12. The van der Waals surface area contributed by atoms with E-state index in [1.54, 1.807) is 0 Å². The second-order valence-corrected chi connectivity index (χ2v) is 8.73. The molecule has 2 aliphatic heterocycles. The number of carboxylic acid groups (broad SMARTS) is 1. The van der Waals surface area contributed by atoms with Gasteiger partial charge in [-0.2, -0.15) is 0 Å². The quantitative estimate of drug-likeness (QED) is 0.609. The lowest BCUT2D eigenvalue weighted by Crippen LogP contribution is -2.69. The van der Waals surface area contributed by atoms with Crippen molar-refractivity contribution in [2.45, 2.75) is 69.7 Å². The monoisotopic (exact) mass is 440 g/mol. The van der Waals surface area contributed by atoms with Crippen molar-refractivity contribution in [3.05, 3.63) is 34.9 Å². The molecule has 3 N–H and O–H groups in total. The molecule has 2 aliphatic rings. The van der Waals surface area contributed by atoms with E-state index in [0.29, 0.717) is 19.4 Å². The van der Waals surface area contributed by atoms with Gasteiger partial charge in [0.1, 0.15) is 6.10 Å². The predicted octanol–water partition coefficient (Wildman–Crippen LogP) is 2.83. The number of likely N-dealkylation sites (tertiary alicyclic amines) is 1. The Morgan fingerprint density at radius 3 is 2.47 bits per heavy atom. The van der Waals surface area contributed by atoms with E-state index in [4.69, 9.17) is 26.2 Å². The summed E-state index contributed by atoms with van der Waals surface area (Å²) in [6.45, 7) is 6.85. The molecule has 0 aromatic heterocycles. The van der Waals surface area contributed by atoms with Crippen molar-refractivity contribution in [1.82, 2.24) is 10.2 Å². The fourth-order valence-corrected chi connectivity index (χ4v) is 4.48. The molecule has 1 aromatic rings. The summed E-state index contributed by atoms with van der Waals surface area (Å²) in [5.74, 6) is 0.0104. The number of carbonyl (C=O) groups is 2. The topological polar surface area (TPSA) is 99.1 Å². The highest BCUT2D eigenvalue weighted by Gasteiger charge is 2.53. The van der Waals surface area contributed by atoms with Gasteiger partial charge in [-0.1, -0.05) is 30.7 Å². The molecule has 7 nitrogen and oxygen atoms in total. The molecule has 1 spiro atoms. The average Bonchev–Trinajstić information content (AvgIpc) is 2.70. The lowest BCUT2D eigenvalue weighted by Gasteiger charge is -2.53. The van der Waals surface area contributed by atoms with Crippen LogP contribution in [0.15, 0.2) is 24.3 Å². The smallest absolute Gasteiger partial charge is 0.290 e. The van der Waals surface area contributed by atoms with Crippen LogP contribution in [0.1, 0.15) is 51.5 Å². The molecule has 0 bridgehead atoms. The Morgan fingerprint density at radius 2 is 1.90 bits per heavy atom. The number of benzene rings is 1. The molecule has 2 atom stereocenters. The molecule has 1 amide bonds. The van der Waals surface area contributed by atoms with Crippen LogP contribution in [-0.2, 0) is 20.9 Å². The number of amides is 1. The Balaban J connectivity index is 0.00000101. The van der Waals surface area contributed by atoms with Crippen LogP contribution in [-0.4, -0.2) is 64.4 Å². The van der Waals surface area contributed by atoms with Gasteiger partial charge in [-0.3, -0.25) is 14.5 Å². The van der Waals surface area contributed by atoms with Crippen molar-refractivity contribution in [1.29, 1.82) is 0 Å². The Hall–Kier alpha value is -1.67. The molecule has 0 unspecified atom stereocenters. The highest BCUT2D eigenvalue weighted by atomic mass is 35.5. The van der Waals surface area contributed by atoms with Crippen LogP contribution in [0.5, 0.6) is 0 Å². The summed E-state index contributed by atoms with van der Waals surface area (Å²) in [6, 6.07) is 7.94. The molecule has 2 fully saturated rings. The third-order valence-electron chi connectivity index (χ3n) is 6.04. The summed E-state index contributed by atoms with van der Waals surface area (Å²) >= 11 is 5.96. The van der Waals surface area contributed by atoms with Crippen LogP contribution in [0.25, 0.3) is 0 Å². The number of carbonyl (C=O) groups excluding carboxylic acids is 1. The first kappa shape index (κ1) is 24.6. The van der Waals surface area contributed by atoms with Gasteiger partial charge in [0.25, 0.3) is 6.47 Å². The van der Waals surface area contributed by atoms with Gasteiger partial charge in [0.15, 0.2) is 0 Å². The minimum Gasteiger partial charge on any atom is -0.483 e. The third kappa shape index (κ3) is 6.17. The molecule has 0 radical (unpaired) electrons. The van der Waals surface area contributed by atoms with E-state index in [9.17, 15) is 9.90 Å². The number of halogens is 1. The van der Waals surface area contributed by atoms with E-state index >= 15 is 0 Å². The summed E-state index contributed by atoms with van der Waals surface area (Å²) in [7, 11) is 0. The van der Waals surface area contributed by atoms with E-state index in [1.807, 2.05) is 26.0 Å². The van der Waals surface area contributed by atoms with Crippen LogP contribution < -0.4 is 5.32 Å². The van der Waals surface area contributed by atoms with Gasteiger partial charge in [0.05, 0.1) is 11.1 Å². The summed E-state index contributed by atoms with van der Waals surface area (Å²) in [6.07, 6.45) is 2.77. The largest absolute Gasteiger partial charge is 0.483 e. The molecule has 8 heteroatoms. The maximum absolute atomic E-state index is 12.1. The van der Waals surface area contributed by atoms with Gasteiger partial charge in [0, 0.05) is 37.7 Å². The SMILES string of the molecule is CCCC(=O)N[C@@]1(C)CCOC2(CCN(Cc3ccc(Cl)cc3)CC2)[C@@H]1O.O=CO. The molecule has 30 heavy (non-hydrogen) atoms. The number of aliphatic hydroxyl groups excluding tert-OH is 1. The average molecular weight is 441 g/mol. The number of nitrogens with one attached hydrogen (secondary N) is 1. The normalized spacial score (nSPS) is 25.8. The zero-order valence-electron chi connectivity index (χ0n) is 17.8. The fourth-order valence-electron chi connectivity index (χ4n) is 4.36. The van der Waals surface area contributed by atoms with E-state index in [1.165, 1.54) is 5.56 Å². The highest BCUT2D eigenvalue weighted by molar-refractivity contribution is 6.30. The van der Waals surface area contributed by atoms with Crippen molar-refractivity contribution in [3.8, 4) is 0 Å². The number of hydrogen-bond acceptors (Lipinski definition) is 5. The van der Waals surface area contributed by atoms with Crippen LogP contribution in [0.4, 0.5) is 0 Å². The Labute approximate surface area is 183 Å². The van der Waals surface area contributed by atoms with Crippen LogP contribution >= 0.6 is 11.6 Å². The van der Waals surface area contributed by atoms with E-state index in [0.717, 1.165) is 43.9 Å². The molecular formula is C22H33ClN2O5. The van der Waals surface area contributed by atoms with Gasteiger partial charge in [-0.05, 0) is 50.3 Å². The minimum atomic E-state index is -0.697. The van der Waals surface area contributed by atoms with E-state index < -0.39 is 17.2 Å². The Kier molecular flexibility index (Phi) is 9.09. The van der Waals surface area contributed by atoms with Crippen molar-refractivity contribution >= 4 is 24.0 Å². The van der Waals surface area contributed by atoms with Crippen molar-refractivity contribution in [2.24, 2.45) is 0 Å². The predicted molar refractivity (Wildman–Crippen MR) is 115 cm³/mol. The lowest BCUT2D eigenvalue weighted by molar-refractivity contribution is -0.208. The number of aliphatic hydroxyl groups is 1. The lowest BCUT2D eigenvalue weighted by atomic mass is 9.73. The molecule has 0 saturated carbocycles. The van der Waals surface area contributed by atoms with Crippen LogP contribution in [0.2, 0.25) is 5.02 Å². The number of hydrogen-bond donors (Lipinski definition) is 3. The van der Waals surface area contributed by atoms with E-state index in [2.05, 4.69) is 22.3 Å². The summed E-state index contributed by atoms with van der Waals surface area (Å²) in [4.78, 5) is 22.9. The van der Waals surface area contributed by atoms with Crippen LogP contribution in [0.3, 0.4) is 0 Å². The molecule has 2 heterocycles. The second kappa shape index (κ2) is 11.1. The molecule has 0 aliphatic carbocycles. The van der Waals surface area contributed by atoms with Gasteiger partial charge >= 0.3 is 0 Å². The summed E-state index contributed by atoms with van der Waals surface area (Å²) in [5, 5.41) is 21.9. The van der Waals surface area contributed by atoms with Gasteiger partial charge in [0.2, 0.25) is 5.91 Å². The molecule has 168 valence electrons. The van der Waals surface area contributed by atoms with Crippen molar-refractivity contribution < 1.29 is 24.5 Å². The highest BCUT2D eigenvalue weighted by Crippen LogP contribution is 2.40. The van der Waals surface area contributed by atoms with Gasteiger partial charge in [-0.25, -0.2) is 0 Å². The number of rotatable bonds is 5. The number of ether oxygens (including phenoxy) is 1. The summed E-state index contributed by atoms with van der Waals surface area (Å²) in [5.41, 5.74) is 0.0448. The van der Waals surface area contributed by atoms with Crippen LogP contribution in [0, 0.1) is 0 Å². The molecular weight excluding hydrogens is 408 g/mol. The first-order chi connectivity index (χ1) is 14.3. The van der Waals surface area contributed by atoms with Gasteiger partial charge < -0.3 is 20.3 Å². The van der Waals surface area contributed by atoms with E-state index in [-0.39, 0.29) is 12.4 Å². The first-order valence-corrected chi connectivity index (χ1v) is 10.8. The number of nitrogens with zero attached hydrogens (tertiary/aromatic N) is 1. The standard InChI is InChI=1S/C21H31ClN2O3.CH2O2/c1-3-4-18(25)23-20(2)11-14-27-21(19(20)26)9-12-24(13-10-21)15-16-5-7-17(22)8-6-16;2-1-3/h5-8,19,26H,3-4,9-15H2,1-2H3,(H,23,25);1H,(H,2,3)/t19-,20+;/m1./s1.